The highest BCUT2D eigenvalue weighted by molar-refractivity contribution is 5.75. The molecule has 1 N–H and O–H groups in total. The molecule has 0 bridgehead atoms. The molecule has 1 aromatic carbocycles. The Hall–Kier alpha value is -1.55. The zero-order chi connectivity index (χ0) is 15.1. The molecular weight excluding hydrogens is 254 g/mol. The van der Waals surface area contributed by atoms with Crippen LogP contribution < -0.4 is 10.1 Å². The Labute approximate surface area is 121 Å². The smallest absolute Gasteiger partial charge is 0.326 e. The van der Waals surface area contributed by atoms with Gasteiger partial charge in [-0.2, -0.15) is 0 Å². The summed E-state index contributed by atoms with van der Waals surface area (Å²) in [6, 6.07) is 7.67. The van der Waals surface area contributed by atoms with Gasteiger partial charge in [0.05, 0.1) is 7.11 Å². The standard InChI is InChI=1S/C16H25NO3/c1-11(2)13-7-6-8-14(9-13)20-10-15(16(18)19-5)17-12(3)4/h6-9,11-12,15,17H,10H2,1-5H3. The number of benzene rings is 1. The maximum Gasteiger partial charge on any atom is 0.326 e. The average Bonchev–Trinajstić information content (AvgIpc) is 2.42. The lowest BCUT2D eigenvalue weighted by Gasteiger charge is -2.19. The van der Waals surface area contributed by atoms with E-state index in [0.717, 1.165) is 5.75 Å². The largest absolute Gasteiger partial charge is 0.491 e. The van der Waals surface area contributed by atoms with Crippen LogP contribution in [0.2, 0.25) is 0 Å². The monoisotopic (exact) mass is 279 g/mol. The summed E-state index contributed by atoms with van der Waals surface area (Å²) in [4.78, 5) is 11.7. The van der Waals surface area contributed by atoms with Crippen molar-refractivity contribution < 1.29 is 14.3 Å². The number of ether oxygens (including phenoxy) is 2. The maximum absolute atomic E-state index is 11.7. The van der Waals surface area contributed by atoms with E-state index in [1.165, 1.54) is 12.7 Å². The third kappa shape index (κ3) is 5.21. The van der Waals surface area contributed by atoms with Gasteiger partial charge >= 0.3 is 5.97 Å². The van der Waals surface area contributed by atoms with Crippen molar-refractivity contribution in [1.29, 1.82) is 0 Å². The molecule has 0 saturated heterocycles. The van der Waals surface area contributed by atoms with Gasteiger partial charge in [0.2, 0.25) is 0 Å². The van der Waals surface area contributed by atoms with E-state index in [9.17, 15) is 4.79 Å². The lowest BCUT2D eigenvalue weighted by Crippen LogP contribution is -2.45. The highest BCUT2D eigenvalue weighted by atomic mass is 16.5. The van der Waals surface area contributed by atoms with Gasteiger partial charge in [0, 0.05) is 6.04 Å². The van der Waals surface area contributed by atoms with Crippen LogP contribution in [0.4, 0.5) is 0 Å². The summed E-state index contributed by atoms with van der Waals surface area (Å²) in [5, 5.41) is 3.14. The van der Waals surface area contributed by atoms with Crippen LogP contribution in [0.25, 0.3) is 0 Å². The summed E-state index contributed by atoms with van der Waals surface area (Å²) in [6.45, 7) is 8.49. The Bertz CT molecular complexity index is 429. The van der Waals surface area contributed by atoms with Gasteiger partial charge in [0.25, 0.3) is 0 Å². The number of carbonyl (C=O) groups excluding carboxylic acids is 1. The van der Waals surface area contributed by atoms with Crippen LogP contribution in [-0.4, -0.2) is 31.8 Å². The van der Waals surface area contributed by atoms with Gasteiger partial charge < -0.3 is 9.47 Å². The molecule has 1 unspecified atom stereocenters. The summed E-state index contributed by atoms with van der Waals surface area (Å²) in [7, 11) is 1.39. The van der Waals surface area contributed by atoms with E-state index in [0.29, 0.717) is 5.92 Å². The SMILES string of the molecule is COC(=O)C(COc1cccc(C(C)C)c1)NC(C)C. The number of nitrogens with one attached hydrogen (secondary N) is 1. The van der Waals surface area contributed by atoms with E-state index in [2.05, 4.69) is 25.2 Å². The second-order valence-electron chi connectivity index (χ2n) is 5.44. The topological polar surface area (TPSA) is 47.6 Å². The fraction of sp³-hybridized carbons (Fsp3) is 0.562. The van der Waals surface area contributed by atoms with Crippen LogP contribution in [0.3, 0.4) is 0 Å². The second-order valence-corrected chi connectivity index (χ2v) is 5.44. The molecule has 1 atom stereocenters. The molecule has 0 saturated carbocycles. The molecule has 1 aromatic rings. The van der Waals surface area contributed by atoms with Crippen molar-refractivity contribution in [2.75, 3.05) is 13.7 Å². The lowest BCUT2D eigenvalue weighted by atomic mass is 10.0. The highest BCUT2D eigenvalue weighted by Crippen LogP contribution is 2.20. The van der Waals surface area contributed by atoms with Crippen molar-refractivity contribution in [2.24, 2.45) is 0 Å². The van der Waals surface area contributed by atoms with Gasteiger partial charge in [-0.25, -0.2) is 0 Å². The van der Waals surface area contributed by atoms with Crippen LogP contribution in [0.5, 0.6) is 5.75 Å². The Balaban J connectivity index is 2.67. The summed E-state index contributed by atoms with van der Waals surface area (Å²) in [5.41, 5.74) is 1.22. The number of carbonyl (C=O) groups is 1. The van der Waals surface area contributed by atoms with Gasteiger partial charge in [-0.1, -0.05) is 39.8 Å². The third-order valence-corrected chi connectivity index (χ3v) is 2.96. The van der Waals surface area contributed by atoms with Crippen molar-refractivity contribution >= 4 is 5.97 Å². The molecule has 20 heavy (non-hydrogen) atoms. The Morgan fingerprint density at radius 2 is 1.95 bits per heavy atom. The fourth-order valence-electron chi connectivity index (χ4n) is 1.87. The van der Waals surface area contributed by atoms with E-state index in [1.54, 1.807) is 0 Å². The van der Waals surface area contributed by atoms with Gasteiger partial charge in [-0.15, -0.1) is 0 Å². The van der Waals surface area contributed by atoms with E-state index in [-0.39, 0.29) is 18.6 Å². The molecule has 0 amide bonds. The number of hydrogen-bond donors (Lipinski definition) is 1. The Morgan fingerprint density at radius 1 is 1.25 bits per heavy atom. The first-order valence-electron chi connectivity index (χ1n) is 7.00. The number of hydrogen-bond acceptors (Lipinski definition) is 4. The van der Waals surface area contributed by atoms with Gasteiger partial charge in [0.1, 0.15) is 18.4 Å². The normalized spacial score (nSPS) is 12.6. The summed E-state index contributed by atoms with van der Waals surface area (Å²) >= 11 is 0. The molecular formula is C16H25NO3. The minimum Gasteiger partial charge on any atom is -0.491 e. The molecule has 112 valence electrons. The molecule has 0 aromatic heterocycles. The van der Waals surface area contributed by atoms with Crippen molar-refractivity contribution in [3.05, 3.63) is 29.8 Å². The number of esters is 1. The number of rotatable bonds is 7. The highest BCUT2D eigenvalue weighted by Gasteiger charge is 2.20. The van der Waals surface area contributed by atoms with Gasteiger partial charge in [-0.3, -0.25) is 10.1 Å². The molecule has 0 radical (unpaired) electrons. The summed E-state index contributed by atoms with van der Waals surface area (Å²) in [6.07, 6.45) is 0. The predicted octanol–water partition coefficient (Wildman–Crippen LogP) is 2.73. The van der Waals surface area contributed by atoms with Crippen molar-refractivity contribution in [3.8, 4) is 5.75 Å². The van der Waals surface area contributed by atoms with Crippen LogP contribution in [-0.2, 0) is 9.53 Å². The molecule has 0 aliphatic heterocycles. The fourth-order valence-corrected chi connectivity index (χ4v) is 1.87. The first-order chi connectivity index (χ1) is 9.43. The molecule has 0 fully saturated rings. The van der Waals surface area contributed by atoms with Crippen molar-refractivity contribution in [3.63, 3.8) is 0 Å². The van der Waals surface area contributed by atoms with Crippen molar-refractivity contribution in [1.82, 2.24) is 5.32 Å². The first kappa shape index (κ1) is 16.5. The van der Waals surface area contributed by atoms with Gasteiger partial charge in [-0.05, 0) is 23.6 Å². The quantitative estimate of drug-likeness (QED) is 0.780. The Kier molecular flexibility index (Phi) is 6.52. The molecule has 0 heterocycles. The van der Waals surface area contributed by atoms with E-state index in [4.69, 9.17) is 9.47 Å². The summed E-state index contributed by atoms with van der Waals surface area (Å²) < 4.78 is 10.5. The molecule has 0 aliphatic rings. The molecule has 0 spiro atoms. The molecule has 1 rings (SSSR count). The minimum absolute atomic E-state index is 0.185. The van der Waals surface area contributed by atoms with Crippen LogP contribution in [0.15, 0.2) is 24.3 Å². The second kappa shape index (κ2) is 7.90. The molecule has 0 aliphatic carbocycles. The average molecular weight is 279 g/mol. The van der Waals surface area contributed by atoms with E-state index in [1.807, 2.05) is 32.0 Å². The van der Waals surface area contributed by atoms with Gasteiger partial charge in [0.15, 0.2) is 0 Å². The number of methoxy groups -OCH3 is 1. The first-order valence-corrected chi connectivity index (χ1v) is 7.00. The Morgan fingerprint density at radius 3 is 2.50 bits per heavy atom. The maximum atomic E-state index is 11.7. The zero-order valence-corrected chi connectivity index (χ0v) is 13.0. The molecule has 4 heteroatoms. The van der Waals surface area contributed by atoms with E-state index >= 15 is 0 Å². The van der Waals surface area contributed by atoms with Crippen molar-refractivity contribution in [2.45, 2.75) is 45.7 Å². The predicted molar refractivity (Wildman–Crippen MR) is 80.1 cm³/mol. The molecule has 4 nitrogen and oxygen atoms in total. The summed E-state index contributed by atoms with van der Waals surface area (Å²) in [5.74, 6) is 0.915. The minimum atomic E-state index is -0.456. The van der Waals surface area contributed by atoms with Crippen LogP contribution in [0, 0.1) is 0 Å². The lowest BCUT2D eigenvalue weighted by molar-refractivity contribution is -0.144. The van der Waals surface area contributed by atoms with Crippen LogP contribution >= 0.6 is 0 Å². The van der Waals surface area contributed by atoms with E-state index < -0.39 is 6.04 Å². The third-order valence-electron chi connectivity index (χ3n) is 2.96. The zero-order valence-electron chi connectivity index (χ0n) is 13.0. The van der Waals surface area contributed by atoms with Crippen LogP contribution in [0.1, 0.15) is 39.2 Å².